The molecule has 1 aromatic rings. The lowest BCUT2D eigenvalue weighted by Crippen LogP contribution is -1.87. The van der Waals surface area contributed by atoms with Crippen LogP contribution in [0.2, 0.25) is 0 Å². The van der Waals surface area contributed by atoms with E-state index in [4.69, 9.17) is 5.11 Å². The molecule has 0 spiro atoms. The van der Waals surface area contributed by atoms with Crippen LogP contribution in [0.1, 0.15) is 11.1 Å². The first-order valence-electron chi connectivity index (χ1n) is 3.50. The number of hydrogen-bond donors (Lipinski definition) is 1. The summed E-state index contributed by atoms with van der Waals surface area (Å²) in [4.78, 5) is 10.1. The molecular formula is C10H8O2. The number of carboxylic acids is 1. The molecule has 12 heavy (non-hydrogen) atoms. The van der Waals surface area contributed by atoms with Gasteiger partial charge in [0.2, 0.25) is 0 Å². The van der Waals surface area contributed by atoms with Gasteiger partial charge < -0.3 is 5.11 Å². The molecule has 0 aromatic heterocycles. The summed E-state index contributed by atoms with van der Waals surface area (Å²) in [6.45, 7) is 1.94. The van der Waals surface area contributed by atoms with Gasteiger partial charge in [0.1, 0.15) is 0 Å². The van der Waals surface area contributed by atoms with Crippen LogP contribution in [0.5, 0.6) is 0 Å². The highest BCUT2D eigenvalue weighted by Crippen LogP contribution is 2.01. The van der Waals surface area contributed by atoms with Gasteiger partial charge in [0.25, 0.3) is 0 Å². The van der Waals surface area contributed by atoms with E-state index in [1.807, 2.05) is 25.1 Å². The summed E-state index contributed by atoms with van der Waals surface area (Å²) in [5.41, 5.74) is 1.81. The summed E-state index contributed by atoms with van der Waals surface area (Å²) in [5.74, 6) is 3.49. The van der Waals surface area contributed by atoms with Crippen LogP contribution in [0, 0.1) is 18.8 Å². The lowest BCUT2D eigenvalue weighted by Gasteiger charge is -1.90. The molecule has 60 valence electrons. The third-order valence-electron chi connectivity index (χ3n) is 1.33. The summed E-state index contributed by atoms with van der Waals surface area (Å²) in [5, 5.41) is 8.27. The molecule has 0 heterocycles. The number of aryl methyl sites for hydroxylation is 1. The quantitative estimate of drug-likeness (QED) is 0.583. The van der Waals surface area contributed by atoms with E-state index in [1.165, 1.54) is 0 Å². The van der Waals surface area contributed by atoms with Gasteiger partial charge in [0.15, 0.2) is 0 Å². The second-order valence-electron chi connectivity index (χ2n) is 2.42. The summed E-state index contributed by atoms with van der Waals surface area (Å²) >= 11 is 0. The lowest BCUT2D eigenvalue weighted by atomic mass is 10.1. The third kappa shape index (κ3) is 2.47. The van der Waals surface area contributed by atoms with Gasteiger partial charge in [-0.05, 0) is 24.6 Å². The average molecular weight is 160 g/mol. The van der Waals surface area contributed by atoms with Crippen molar-refractivity contribution >= 4 is 5.97 Å². The van der Waals surface area contributed by atoms with Crippen LogP contribution in [0.15, 0.2) is 24.3 Å². The zero-order chi connectivity index (χ0) is 8.97. The van der Waals surface area contributed by atoms with Crippen molar-refractivity contribution in [3.63, 3.8) is 0 Å². The Labute approximate surface area is 70.8 Å². The highest BCUT2D eigenvalue weighted by molar-refractivity contribution is 5.87. The van der Waals surface area contributed by atoms with Crippen LogP contribution in [0.3, 0.4) is 0 Å². The largest absolute Gasteiger partial charge is 0.472 e. The van der Waals surface area contributed by atoms with E-state index < -0.39 is 5.97 Å². The molecule has 0 fully saturated rings. The van der Waals surface area contributed by atoms with Gasteiger partial charge in [-0.25, -0.2) is 4.79 Å². The highest BCUT2D eigenvalue weighted by atomic mass is 16.4. The smallest absolute Gasteiger partial charge is 0.382 e. The summed E-state index contributed by atoms with van der Waals surface area (Å²) < 4.78 is 0. The highest BCUT2D eigenvalue weighted by Gasteiger charge is 1.88. The molecule has 0 aliphatic carbocycles. The minimum atomic E-state index is -1.10. The molecule has 0 unspecified atom stereocenters. The average Bonchev–Trinajstić information content (AvgIpc) is 2.01. The fourth-order valence-corrected chi connectivity index (χ4v) is 0.848. The molecule has 0 radical (unpaired) electrons. The first-order chi connectivity index (χ1) is 5.68. The normalized spacial score (nSPS) is 8.42. The Morgan fingerprint density at radius 3 is 2.83 bits per heavy atom. The summed E-state index contributed by atoms with van der Waals surface area (Å²) in [6.07, 6.45) is 0. The Morgan fingerprint density at radius 1 is 1.50 bits per heavy atom. The van der Waals surface area contributed by atoms with Crippen LogP contribution in [0.25, 0.3) is 0 Å². The van der Waals surface area contributed by atoms with Crippen molar-refractivity contribution in [2.45, 2.75) is 6.92 Å². The van der Waals surface area contributed by atoms with E-state index in [-0.39, 0.29) is 0 Å². The van der Waals surface area contributed by atoms with Gasteiger partial charge in [-0.15, -0.1) is 0 Å². The van der Waals surface area contributed by atoms with Crippen LogP contribution in [0.4, 0.5) is 0 Å². The van der Waals surface area contributed by atoms with E-state index >= 15 is 0 Å². The molecule has 1 aromatic carbocycles. The Morgan fingerprint density at radius 2 is 2.25 bits per heavy atom. The molecule has 1 N–H and O–H groups in total. The zero-order valence-electron chi connectivity index (χ0n) is 6.66. The molecule has 2 heteroatoms. The Kier molecular flexibility index (Phi) is 2.49. The fraction of sp³-hybridized carbons (Fsp3) is 0.100. The van der Waals surface area contributed by atoms with Gasteiger partial charge in [0, 0.05) is 11.5 Å². The fourth-order valence-electron chi connectivity index (χ4n) is 0.848. The number of rotatable bonds is 0. The number of hydrogen-bond acceptors (Lipinski definition) is 1. The van der Waals surface area contributed by atoms with Crippen molar-refractivity contribution in [1.29, 1.82) is 0 Å². The maximum Gasteiger partial charge on any atom is 0.382 e. The minimum Gasteiger partial charge on any atom is -0.472 e. The standard InChI is InChI=1S/C10H8O2/c1-8-3-2-4-9(7-8)5-6-10(11)12/h2-4,7H,1H3,(H,11,12). The van der Waals surface area contributed by atoms with Crippen LogP contribution in [-0.4, -0.2) is 11.1 Å². The SMILES string of the molecule is Cc1cccc(C#CC(=O)O)c1. The van der Waals surface area contributed by atoms with Crippen LogP contribution >= 0.6 is 0 Å². The Balaban J connectivity index is 2.92. The van der Waals surface area contributed by atoms with Gasteiger partial charge in [-0.3, -0.25) is 0 Å². The summed E-state index contributed by atoms with van der Waals surface area (Å²) in [7, 11) is 0. The molecule has 0 bridgehead atoms. The van der Waals surface area contributed by atoms with E-state index in [0.717, 1.165) is 11.1 Å². The monoisotopic (exact) mass is 160 g/mol. The van der Waals surface area contributed by atoms with Gasteiger partial charge in [0.05, 0.1) is 0 Å². The van der Waals surface area contributed by atoms with Crippen molar-refractivity contribution < 1.29 is 9.90 Å². The second-order valence-corrected chi connectivity index (χ2v) is 2.42. The Bertz CT molecular complexity index is 356. The van der Waals surface area contributed by atoms with Crippen molar-refractivity contribution in [2.24, 2.45) is 0 Å². The Hall–Kier alpha value is -1.75. The topological polar surface area (TPSA) is 37.3 Å². The van der Waals surface area contributed by atoms with E-state index in [2.05, 4.69) is 11.8 Å². The molecule has 0 aliphatic rings. The van der Waals surface area contributed by atoms with Crippen molar-refractivity contribution in [1.82, 2.24) is 0 Å². The third-order valence-corrected chi connectivity index (χ3v) is 1.33. The van der Waals surface area contributed by atoms with Gasteiger partial charge >= 0.3 is 5.97 Å². The number of aliphatic carboxylic acids is 1. The first kappa shape index (κ1) is 8.35. The van der Waals surface area contributed by atoms with Crippen molar-refractivity contribution in [2.75, 3.05) is 0 Å². The molecule has 0 aliphatic heterocycles. The minimum absolute atomic E-state index is 0.734. The summed E-state index contributed by atoms with van der Waals surface area (Å²) in [6, 6.07) is 7.41. The van der Waals surface area contributed by atoms with Crippen molar-refractivity contribution in [3.8, 4) is 11.8 Å². The zero-order valence-corrected chi connectivity index (χ0v) is 6.66. The number of carbonyl (C=O) groups is 1. The number of benzene rings is 1. The molecule has 0 saturated carbocycles. The number of carboxylic acid groups (broad SMARTS) is 1. The molecule has 1 rings (SSSR count). The maximum absolute atomic E-state index is 10.1. The predicted octanol–water partition coefficient (Wildman–Crippen LogP) is 1.43. The second kappa shape index (κ2) is 3.59. The molecule has 0 amide bonds. The molecular weight excluding hydrogens is 152 g/mol. The predicted molar refractivity (Wildman–Crippen MR) is 45.7 cm³/mol. The van der Waals surface area contributed by atoms with Crippen LogP contribution in [-0.2, 0) is 4.79 Å². The van der Waals surface area contributed by atoms with E-state index in [1.54, 1.807) is 6.07 Å². The molecule has 2 nitrogen and oxygen atoms in total. The van der Waals surface area contributed by atoms with E-state index in [9.17, 15) is 4.79 Å². The van der Waals surface area contributed by atoms with E-state index in [0.29, 0.717) is 0 Å². The molecule has 0 atom stereocenters. The van der Waals surface area contributed by atoms with Gasteiger partial charge in [-0.2, -0.15) is 0 Å². The maximum atomic E-state index is 10.1. The van der Waals surface area contributed by atoms with Crippen molar-refractivity contribution in [3.05, 3.63) is 35.4 Å². The van der Waals surface area contributed by atoms with Gasteiger partial charge in [-0.1, -0.05) is 18.1 Å². The van der Waals surface area contributed by atoms with Crippen LogP contribution < -0.4 is 0 Å². The molecule has 0 saturated heterocycles. The lowest BCUT2D eigenvalue weighted by molar-refractivity contribution is -0.130. The first-order valence-corrected chi connectivity index (χ1v) is 3.50.